The number of hydrogen-bond acceptors (Lipinski definition) is 2. The number of hydrogen-bond donors (Lipinski definition) is 0. The number of amides is 1. The van der Waals surface area contributed by atoms with Gasteiger partial charge in [-0.05, 0) is 42.7 Å². The lowest BCUT2D eigenvalue weighted by atomic mass is 10.1. The van der Waals surface area contributed by atoms with Crippen LogP contribution in [0.1, 0.15) is 28.4 Å². The van der Waals surface area contributed by atoms with Gasteiger partial charge in [0, 0.05) is 29.0 Å². The predicted octanol–water partition coefficient (Wildman–Crippen LogP) is 4.14. The maximum Gasteiger partial charge on any atom is 0.260 e. The first-order chi connectivity index (χ1) is 13.0. The van der Waals surface area contributed by atoms with Crippen LogP contribution in [0.2, 0.25) is 5.02 Å². The number of para-hydroxylation sites is 1. The number of rotatable bonds is 3. The lowest BCUT2D eigenvalue weighted by Gasteiger charge is -2.23. The van der Waals surface area contributed by atoms with E-state index in [1.54, 1.807) is 18.3 Å². The SMILES string of the molecule is C[C@@H]1Cc2ccccc2N1C(=O)c1ccc(=O)n(Cc2ccccc2Cl)c1. The van der Waals surface area contributed by atoms with Crippen LogP contribution < -0.4 is 10.5 Å². The Morgan fingerprint density at radius 1 is 1.07 bits per heavy atom. The molecule has 27 heavy (non-hydrogen) atoms. The molecule has 1 aliphatic heterocycles. The van der Waals surface area contributed by atoms with Gasteiger partial charge in [-0.25, -0.2) is 0 Å². The molecule has 1 amide bonds. The van der Waals surface area contributed by atoms with Gasteiger partial charge in [-0.1, -0.05) is 48.0 Å². The second-order valence-corrected chi connectivity index (χ2v) is 7.24. The largest absolute Gasteiger partial charge is 0.310 e. The molecule has 0 radical (unpaired) electrons. The molecular formula is C22H19ClN2O2. The summed E-state index contributed by atoms with van der Waals surface area (Å²) >= 11 is 6.22. The molecule has 5 heteroatoms. The predicted molar refractivity (Wildman–Crippen MR) is 108 cm³/mol. The highest BCUT2D eigenvalue weighted by molar-refractivity contribution is 6.31. The summed E-state index contributed by atoms with van der Waals surface area (Å²) in [5.74, 6) is -0.0969. The Morgan fingerprint density at radius 3 is 2.63 bits per heavy atom. The molecule has 0 spiro atoms. The summed E-state index contributed by atoms with van der Waals surface area (Å²) in [5, 5.41) is 0.600. The summed E-state index contributed by atoms with van der Waals surface area (Å²) in [6.07, 6.45) is 2.46. The average molecular weight is 379 g/mol. The quantitative estimate of drug-likeness (QED) is 0.687. The highest BCUT2D eigenvalue weighted by atomic mass is 35.5. The number of carbonyl (C=O) groups is 1. The first-order valence-electron chi connectivity index (χ1n) is 8.90. The molecule has 0 fully saturated rings. The van der Waals surface area contributed by atoms with Gasteiger partial charge < -0.3 is 9.47 Å². The molecule has 4 nitrogen and oxygen atoms in total. The van der Waals surface area contributed by atoms with Gasteiger partial charge in [-0.15, -0.1) is 0 Å². The van der Waals surface area contributed by atoms with Crippen LogP contribution in [0.4, 0.5) is 5.69 Å². The number of nitrogens with zero attached hydrogens (tertiary/aromatic N) is 2. The number of fused-ring (bicyclic) bond motifs is 1. The highest BCUT2D eigenvalue weighted by Crippen LogP contribution is 2.32. The average Bonchev–Trinajstić information content (AvgIpc) is 3.00. The van der Waals surface area contributed by atoms with Crippen molar-refractivity contribution in [2.45, 2.75) is 25.9 Å². The molecule has 0 saturated heterocycles. The van der Waals surface area contributed by atoms with Crippen molar-refractivity contribution >= 4 is 23.2 Å². The van der Waals surface area contributed by atoms with Crippen LogP contribution in [-0.2, 0) is 13.0 Å². The van der Waals surface area contributed by atoms with Crippen LogP contribution in [-0.4, -0.2) is 16.5 Å². The Balaban J connectivity index is 1.68. The van der Waals surface area contributed by atoms with Crippen molar-refractivity contribution in [2.24, 2.45) is 0 Å². The molecule has 4 rings (SSSR count). The zero-order valence-corrected chi connectivity index (χ0v) is 15.7. The minimum Gasteiger partial charge on any atom is -0.310 e. The summed E-state index contributed by atoms with van der Waals surface area (Å²) in [5.41, 5.74) is 3.28. The van der Waals surface area contributed by atoms with Crippen molar-refractivity contribution in [3.05, 3.63) is 98.9 Å². The van der Waals surface area contributed by atoms with Crippen molar-refractivity contribution in [1.29, 1.82) is 0 Å². The van der Waals surface area contributed by atoms with Crippen molar-refractivity contribution in [2.75, 3.05) is 4.90 Å². The first-order valence-corrected chi connectivity index (χ1v) is 9.28. The lowest BCUT2D eigenvalue weighted by molar-refractivity contribution is 0.0980. The van der Waals surface area contributed by atoms with Gasteiger partial charge in [0.25, 0.3) is 11.5 Å². The van der Waals surface area contributed by atoms with E-state index in [4.69, 9.17) is 11.6 Å². The normalized spacial score (nSPS) is 15.6. The van der Waals surface area contributed by atoms with Crippen LogP contribution in [0.25, 0.3) is 0 Å². The Hall–Kier alpha value is -2.85. The van der Waals surface area contributed by atoms with Crippen LogP contribution in [0, 0.1) is 0 Å². The van der Waals surface area contributed by atoms with E-state index in [0.29, 0.717) is 17.1 Å². The van der Waals surface area contributed by atoms with Gasteiger partial charge in [0.05, 0.1) is 12.1 Å². The summed E-state index contributed by atoms with van der Waals surface area (Å²) in [7, 11) is 0. The molecule has 0 saturated carbocycles. The number of pyridine rings is 1. The van der Waals surface area contributed by atoms with E-state index in [-0.39, 0.29) is 17.5 Å². The molecule has 1 atom stereocenters. The third-order valence-corrected chi connectivity index (χ3v) is 5.32. The van der Waals surface area contributed by atoms with Crippen LogP contribution in [0.15, 0.2) is 71.7 Å². The minimum absolute atomic E-state index is 0.0823. The number of carbonyl (C=O) groups excluding carboxylic acids is 1. The molecule has 2 heterocycles. The van der Waals surface area contributed by atoms with Crippen LogP contribution in [0.3, 0.4) is 0 Å². The second kappa shape index (κ2) is 7.05. The van der Waals surface area contributed by atoms with Crippen LogP contribution >= 0.6 is 11.6 Å². The number of halogens is 1. The monoisotopic (exact) mass is 378 g/mol. The van der Waals surface area contributed by atoms with E-state index >= 15 is 0 Å². The van der Waals surface area contributed by atoms with E-state index < -0.39 is 0 Å². The lowest BCUT2D eigenvalue weighted by Crippen LogP contribution is -2.36. The van der Waals surface area contributed by atoms with Gasteiger partial charge in [0.15, 0.2) is 0 Å². The third kappa shape index (κ3) is 3.28. The molecule has 136 valence electrons. The Kier molecular flexibility index (Phi) is 4.58. The van der Waals surface area contributed by atoms with Gasteiger partial charge in [0.1, 0.15) is 0 Å². The van der Waals surface area contributed by atoms with E-state index in [1.165, 1.54) is 16.2 Å². The summed E-state index contributed by atoms with van der Waals surface area (Å²) < 4.78 is 1.53. The van der Waals surface area contributed by atoms with Gasteiger partial charge in [0.2, 0.25) is 0 Å². The third-order valence-electron chi connectivity index (χ3n) is 4.95. The zero-order valence-electron chi connectivity index (χ0n) is 14.9. The molecule has 0 unspecified atom stereocenters. The fourth-order valence-corrected chi connectivity index (χ4v) is 3.80. The van der Waals surface area contributed by atoms with Crippen molar-refractivity contribution in [3.8, 4) is 0 Å². The van der Waals surface area contributed by atoms with Gasteiger partial charge >= 0.3 is 0 Å². The standard InChI is InChI=1S/C22H19ClN2O2/c1-15-12-16-6-3-5-9-20(16)25(15)22(27)18-10-11-21(26)24(14-18)13-17-7-2-4-8-19(17)23/h2-11,14-15H,12-13H2,1H3/t15-/m1/s1. The van der Waals surface area contributed by atoms with Crippen molar-refractivity contribution < 1.29 is 4.79 Å². The second-order valence-electron chi connectivity index (χ2n) is 6.83. The smallest absolute Gasteiger partial charge is 0.260 e. The Morgan fingerprint density at radius 2 is 1.81 bits per heavy atom. The maximum absolute atomic E-state index is 13.2. The molecule has 1 aliphatic rings. The molecule has 0 bridgehead atoms. The Labute approximate surface area is 162 Å². The number of aromatic nitrogens is 1. The molecule has 0 aliphatic carbocycles. The molecule has 1 aromatic heterocycles. The van der Waals surface area contributed by atoms with E-state index in [2.05, 4.69) is 6.07 Å². The number of benzene rings is 2. The highest BCUT2D eigenvalue weighted by Gasteiger charge is 2.31. The van der Waals surface area contributed by atoms with E-state index in [0.717, 1.165) is 17.7 Å². The molecule has 3 aromatic rings. The molecular weight excluding hydrogens is 360 g/mol. The molecule has 0 N–H and O–H groups in total. The summed E-state index contributed by atoms with van der Waals surface area (Å²) in [6, 6.07) is 18.5. The summed E-state index contributed by atoms with van der Waals surface area (Å²) in [6.45, 7) is 2.36. The van der Waals surface area contributed by atoms with E-state index in [9.17, 15) is 9.59 Å². The van der Waals surface area contributed by atoms with Gasteiger partial charge in [-0.2, -0.15) is 0 Å². The van der Waals surface area contributed by atoms with Crippen LogP contribution in [0.5, 0.6) is 0 Å². The fourth-order valence-electron chi connectivity index (χ4n) is 3.61. The zero-order chi connectivity index (χ0) is 19.0. The Bertz CT molecular complexity index is 1070. The first kappa shape index (κ1) is 17.6. The maximum atomic E-state index is 13.2. The number of anilines is 1. The van der Waals surface area contributed by atoms with E-state index in [1.807, 2.05) is 48.2 Å². The van der Waals surface area contributed by atoms with Crippen molar-refractivity contribution in [3.63, 3.8) is 0 Å². The topological polar surface area (TPSA) is 42.3 Å². The van der Waals surface area contributed by atoms with Crippen molar-refractivity contribution in [1.82, 2.24) is 4.57 Å². The fraction of sp³-hybridized carbons (Fsp3) is 0.182. The minimum atomic E-state index is -0.165. The summed E-state index contributed by atoms with van der Waals surface area (Å²) in [4.78, 5) is 27.3. The molecule has 2 aromatic carbocycles. The van der Waals surface area contributed by atoms with Gasteiger partial charge in [-0.3, -0.25) is 9.59 Å².